The maximum absolute atomic E-state index is 11.0. The van der Waals surface area contributed by atoms with Crippen LogP contribution >= 0.6 is 11.6 Å². The highest BCUT2D eigenvalue weighted by Gasteiger charge is 2.16. The number of halogens is 1. The fraction of sp³-hybridized carbons (Fsp3) is 0.250. The molecule has 18 heavy (non-hydrogen) atoms. The maximum Gasteiger partial charge on any atom is 0.213 e. The Morgan fingerprint density at radius 2 is 2.28 bits per heavy atom. The van der Waals surface area contributed by atoms with E-state index in [0.29, 0.717) is 40.9 Å². The predicted molar refractivity (Wildman–Crippen MR) is 68.0 cm³/mol. The third-order valence-electron chi connectivity index (χ3n) is 2.39. The molecule has 0 atom stereocenters. The number of nitrogens with zero attached hydrogens (tertiary/aromatic N) is 3. The van der Waals surface area contributed by atoms with Gasteiger partial charge in [-0.2, -0.15) is 5.10 Å². The van der Waals surface area contributed by atoms with Crippen molar-refractivity contribution in [2.45, 2.75) is 6.92 Å². The lowest BCUT2D eigenvalue weighted by Gasteiger charge is -2.03. The van der Waals surface area contributed by atoms with Gasteiger partial charge < -0.3 is 4.74 Å². The van der Waals surface area contributed by atoms with Gasteiger partial charge in [-0.1, -0.05) is 17.7 Å². The number of aldehydes is 1. The Bertz CT molecular complexity index is 581. The summed E-state index contributed by atoms with van der Waals surface area (Å²) >= 11 is 5.98. The highest BCUT2D eigenvalue weighted by molar-refractivity contribution is 6.32. The van der Waals surface area contributed by atoms with Crippen LogP contribution in [0.25, 0.3) is 11.4 Å². The Balaban J connectivity index is 2.51. The van der Waals surface area contributed by atoms with Crippen molar-refractivity contribution in [2.24, 2.45) is 7.05 Å². The van der Waals surface area contributed by atoms with Crippen LogP contribution in [0.5, 0.6) is 5.88 Å². The van der Waals surface area contributed by atoms with Crippen LogP contribution in [-0.2, 0) is 7.05 Å². The van der Waals surface area contributed by atoms with Crippen molar-refractivity contribution in [1.29, 1.82) is 0 Å². The summed E-state index contributed by atoms with van der Waals surface area (Å²) in [6, 6.07) is 5.30. The van der Waals surface area contributed by atoms with Crippen LogP contribution in [-0.4, -0.2) is 27.7 Å². The van der Waals surface area contributed by atoms with Crippen LogP contribution in [0.4, 0.5) is 0 Å². The number of ether oxygens (including phenoxy) is 1. The molecule has 0 amide bonds. The number of hydrogen-bond donors (Lipinski definition) is 0. The first-order valence-corrected chi connectivity index (χ1v) is 5.83. The van der Waals surface area contributed by atoms with Gasteiger partial charge in [-0.05, 0) is 13.0 Å². The van der Waals surface area contributed by atoms with Crippen LogP contribution < -0.4 is 4.74 Å². The third-order valence-corrected chi connectivity index (χ3v) is 2.84. The van der Waals surface area contributed by atoms with E-state index >= 15 is 0 Å². The minimum absolute atomic E-state index is 0.295. The molecule has 0 unspecified atom stereocenters. The van der Waals surface area contributed by atoms with Crippen molar-refractivity contribution in [3.05, 3.63) is 28.9 Å². The molecule has 2 aromatic heterocycles. The van der Waals surface area contributed by atoms with Gasteiger partial charge in [0.2, 0.25) is 5.88 Å². The van der Waals surface area contributed by atoms with Gasteiger partial charge in [0.25, 0.3) is 0 Å². The summed E-state index contributed by atoms with van der Waals surface area (Å²) < 4.78 is 6.75. The third kappa shape index (κ3) is 2.22. The second kappa shape index (κ2) is 5.18. The molecular weight excluding hydrogens is 254 g/mol. The molecule has 0 aliphatic rings. The number of aryl methyl sites for hydroxylation is 1. The molecule has 0 bridgehead atoms. The minimum Gasteiger partial charge on any atom is -0.478 e. The number of pyridine rings is 1. The molecule has 0 fully saturated rings. The average Bonchev–Trinajstić information content (AvgIpc) is 2.66. The van der Waals surface area contributed by atoms with E-state index in [9.17, 15) is 4.79 Å². The quantitative estimate of drug-likeness (QED) is 0.796. The topological polar surface area (TPSA) is 57.0 Å². The zero-order chi connectivity index (χ0) is 13.1. The first-order chi connectivity index (χ1) is 8.67. The smallest absolute Gasteiger partial charge is 0.213 e. The molecule has 0 N–H and O–H groups in total. The van der Waals surface area contributed by atoms with Crippen LogP contribution in [0.3, 0.4) is 0 Å². The lowest BCUT2D eigenvalue weighted by Crippen LogP contribution is -1.96. The molecule has 0 saturated carbocycles. The van der Waals surface area contributed by atoms with E-state index < -0.39 is 0 Å². The second-order valence-corrected chi connectivity index (χ2v) is 3.95. The normalized spacial score (nSPS) is 10.4. The lowest BCUT2D eigenvalue weighted by molar-refractivity contribution is 0.112. The summed E-state index contributed by atoms with van der Waals surface area (Å²) in [5.41, 5.74) is 1.35. The van der Waals surface area contributed by atoms with E-state index in [2.05, 4.69) is 10.1 Å². The van der Waals surface area contributed by atoms with Crippen molar-refractivity contribution in [3.8, 4) is 17.3 Å². The van der Waals surface area contributed by atoms with Gasteiger partial charge in [-0.15, -0.1) is 0 Å². The minimum atomic E-state index is 0.295. The molecule has 0 aliphatic heterocycles. The average molecular weight is 266 g/mol. The summed E-state index contributed by atoms with van der Waals surface area (Å²) in [5.74, 6) is 0.494. The van der Waals surface area contributed by atoms with E-state index in [1.807, 2.05) is 6.92 Å². The molecule has 0 spiro atoms. The van der Waals surface area contributed by atoms with Gasteiger partial charge in [-0.25, -0.2) is 4.98 Å². The van der Waals surface area contributed by atoms with Gasteiger partial charge in [0, 0.05) is 13.1 Å². The van der Waals surface area contributed by atoms with Crippen molar-refractivity contribution >= 4 is 17.9 Å². The van der Waals surface area contributed by atoms with Crippen LogP contribution in [0.1, 0.15) is 17.3 Å². The molecule has 2 rings (SSSR count). The molecule has 2 aromatic rings. The predicted octanol–water partition coefficient (Wildman–Crippen LogP) is 2.35. The Labute approximate surface area is 109 Å². The first-order valence-electron chi connectivity index (χ1n) is 5.45. The van der Waals surface area contributed by atoms with Gasteiger partial charge in [0.05, 0.1) is 17.9 Å². The Morgan fingerprint density at radius 3 is 2.94 bits per heavy atom. The molecule has 0 saturated heterocycles. The Kier molecular flexibility index (Phi) is 3.62. The van der Waals surface area contributed by atoms with Crippen molar-refractivity contribution < 1.29 is 9.53 Å². The van der Waals surface area contributed by atoms with Crippen molar-refractivity contribution in [3.63, 3.8) is 0 Å². The molecule has 6 heteroatoms. The van der Waals surface area contributed by atoms with Crippen molar-refractivity contribution in [2.75, 3.05) is 6.61 Å². The second-order valence-electron chi connectivity index (χ2n) is 3.59. The SMILES string of the molecule is CCOc1cccc(-c2nn(C)c(Cl)c2C=O)n1. The highest BCUT2D eigenvalue weighted by atomic mass is 35.5. The Hall–Kier alpha value is -1.88. The summed E-state index contributed by atoms with van der Waals surface area (Å²) in [6.45, 7) is 2.41. The van der Waals surface area contributed by atoms with E-state index in [1.54, 1.807) is 25.2 Å². The van der Waals surface area contributed by atoms with Crippen LogP contribution in [0.15, 0.2) is 18.2 Å². The monoisotopic (exact) mass is 265 g/mol. The van der Waals surface area contributed by atoms with Crippen LogP contribution in [0.2, 0.25) is 5.15 Å². The van der Waals surface area contributed by atoms with Crippen LogP contribution in [0, 0.1) is 0 Å². The standard InChI is InChI=1S/C12H12ClN3O2/c1-3-18-10-6-4-5-9(14-10)11-8(7-17)12(13)16(2)15-11/h4-7H,3H2,1-2H3. The van der Waals surface area contributed by atoms with E-state index in [0.717, 1.165) is 0 Å². The van der Waals surface area contributed by atoms with E-state index in [-0.39, 0.29) is 0 Å². The summed E-state index contributed by atoms with van der Waals surface area (Å²) in [5, 5.41) is 4.48. The molecule has 5 nitrogen and oxygen atoms in total. The highest BCUT2D eigenvalue weighted by Crippen LogP contribution is 2.26. The first kappa shape index (κ1) is 12.6. The summed E-state index contributed by atoms with van der Waals surface area (Å²) in [6.07, 6.45) is 0.680. The van der Waals surface area contributed by atoms with Gasteiger partial charge in [0.15, 0.2) is 6.29 Å². The largest absolute Gasteiger partial charge is 0.478 e. The molecule has 0 aromatic carbocycles. The lowest BCUT2D eigenvalue weighted by atomic mass is 10.2. The number of carbonyl (C=O) groups is 1. The number of aromatic nitrogens is 3. The summed E-state index contributed by atoms with van der Waals surface area (Å²) in [7, 11) is 1.67. The number of hydrogen-bond acceptors (Lipinski definition) is 4. The maximum atomic E-state index is 11.0. The Morgan fingerprint density at radius 1 is 1.50 bits per heavy atom. The number of carbonyl (C=O) groups excluding carboxylic acids is 1. The van der Waals surface area contributed by atoms with Gasteiger partial charge >= 0.3 is 0 Å². The van der Waals surface area contributed by atoms with Crippen molar-refractivity contribution in [1.82, 2.24) is 14.8 Å². The fourth-order valence-electron chi connectivity index (χ4n) is 1.59. The molecule has 0 radical (unpaired) electrons. The van der Waals surface area contributed by atoms with E-state index in [1.165, 1.54) is 4.68 Å². The molecule has 2 heterocycles. The van der Waals surface area contributed by atoms with Gasteiger partial charge in [0.1, 0.15) is 10.8 Å². The zero-order valence-electron chi connectivity index (χ0n) is 10.1. The molecule has 94 valence electrons. The van der Waals surface area contributed by atoms with E-state index in [4.69, 9.17) is 16.3 Å². The fourth-order valence-corrected chi connectivity index (χ4v) is 1.76. The summed E-state index contributed by atoms with van der Waals surface area (Å²) in [4.78, 5) is 15.3. The molecule has 0 aliphatic carbocycles. The number of rotatable bonds is 4. The zero-order valence-corrected chi connectivity index (χ0v) is 10.8. The van der Waals surface area contributed by atoms with Gasteiger partial charge in [-0.3, -0.25) is 9.48 Å². The molecular formula is C12H12ClN3O2.